The van der Waals surface area contributed by atoms with Gasteiger partial charge in [0.1, 0.15) is 12.4 Å². The molecule has 5 heteroatoms. The van der Waals surface area contributed by atoms with Crippen LogP contribution in [0, 0.1) is 20.8 Å². The van der Waals surface area contributed by atoms with Gasteiger partial charge < -0.3 is 9.64 Å². The molecule has 0 N–H and O–H groups in total. The first kappa shape index (κ1) is 21.6. The smallest absolute Gasteiger partial charge is 0.264 e. The first-order valence-electron chi connectivity index (χ1n) is 10.8. The van der Waals surface area contributed by atoms with Gasteiger partial charge in [-0.25, -0.2) is 0 Å². The number of amides is 1. The quantitative estimate of drug-likeness (QED) is 0.534. The van der Waals surface area contributed by atoms with Crippen molar-refractivity contribution in [3.8, 4) is 5.75 Å². The molecule has 31 heavy (non-hydrogen) atoms. The number of rotatable bonds is 6. The van der Waals surface area contributed by atoms with E-state index in [4.69, 9.17) is 4.74 Å². The summed E-state index contributed by atoms with van der Waals surface area (Å²) in [6.45, 7) is 11.1. The molecule has 0 spiro atoms. The zero-order valence-corrected chi connectivity index (χ0v) is 19.4. The average Bonchev–Trinajstić information content (AvgIpc) is 3.22. The van der Waals surface area contributed by atoms with Crippen molar-refractivity contribution in [1.82, 2.24) is 9.80 Å². The van der Waals surface area contributed by atoms with Crippen LogP contribution in [0.5, 0.6) is 5.75 Å². The van der Waals surface area contributed by atoms with E-state index >= 15 is 0 Å². The highest BCUT2D eigenvalue weighted by atomic mass is 32.1. The van der Waals surface area contributed by atoms with Crippen LogP contribution in [0.15, 0.2) is 53.9 Å². The van der Waals surface area contributed by atoms with Gasteiger partial charge in [0, 0.05) is 38.3 Å². The summed E-state index contributed by atoms with van der Waals surface area (Å²) >= 11 is 1.51. The highest BCUT2D eigenvalue weighted by Crippen LogP contribution is 2.23. The Bertz CT molecular complexity index is 1050. The molecule has 1 aromatic heterocycles. The molecule has 0 aliphatic carbocycles. The van der Waals surface area contributed by atoms with Crippen molar-refractivity contribution in [1.29, 1.82) is 0 Å². The molecule has 1 saturated heterocycles. The Balaban J connectivity index is 1.29. The highest BCUT2D eigenvalue weighted by Gasteiger charge is 2.23. The van der Waals surface area contributed by atoms with Crippen LogP contribution in [0.4, 0.5) is 0 Å². The van der Waals surface area contributed by atoms with Crippen molar-refractivity contribution in [2.45, 2.75) is 33.9 Å². The van der Waals surface area contributed by atoms with Crippen LogP contribution < -0.4 is 4.74 Å². The molecule has 0 bridgehead atoms. The number of thiophene rings is 1. The molecule has 162 valence electrons. The zero-order valence-electron chi connectivity index (χ0n) is 18.6. The maximum atomic E-state index is 13.0. The molecule has 1 aliphatic rings. The third-order valence-corrected chi connectivity index (χ3v) is 6.70. The lowest BCUT2D eigenvalue weighted by Crippen LogP contribution is -2.48. The van der Waals surface area contributed by atoms with Gasteiger partial charge >= 0.3 is 0 Å². The van der Waals surface area contributed by atoms with Crippen molar-refractivity contribution >= 4 is 17.2 Å². The molecule has 2 aromatic carbocycles. The van der Waals surface area contributed by atoms with Crippen LogP contribution in [0.2, 0.25) is 0 Å². The maximum Gasteiger partial charge on any atom is 0.264 e. The van der Waals surface area contributed by atoms with Gasteiger partial charge in [0.05, 0.1) is 4.88 Å². The van der Waals surface area contributed by atoms with Crippen molar-refractivity contribution in [3.05, 3.63) is 86.6 Å². The monoisotopic (exact) mass is 434 g/mol. The van der Waals surface area contributed by atoms with Crippen molar-refractivity contribution in [3.63, 3.8) is 0 Å². The van der Waals surface area contributed by atoms with Gasteiger partial charge in [0.15, 0.2) is 0 Å². The first-order chi connectivity index (χ1) is 15.0. The molecular formula is C26H30N2O2S. The van der Waals surface area contributed by atoms with Crippen LogP contribution >= 0.6 is 11.3 Å². The molecular weight excluding hydrogens is 404 g/mol. The van der Waals surface area contributed by atoms with Crippen molar-refractivity contribution < 1.29 is 9.53 Å². The van der Waals surface area contributed by atoms with Crippen LogP contribution in [0.25, 0.3) is 0 Å². The Labute approximate surface area is 189 Å². The maximum absolute atomic E-state index is 13.0. The molecule has 1 fully saturated rings. The lowest BCUT2D eigenvalue weighted by molar-refractivity contribution is 0.0633. The number of ether oxygens (including phenoxy) is 1. The number of carbonyl (C=O) groups is 1. The molecule has 4 rings (SSSR count). The van der Waals surface area contributed by atoms with Crippen LogP contribution in [0.3, 0.4) is 0 Å². The van der Waals surface area contributed by atoms with Crippen molar-refractivity contribution in [2.24, 2.45) is 0 Å². The normalized spacial score (nSPS) is 14.6. The Morgan fingerprint density at radius 3 is 2.45 bits per heavy atom. The number of aryl methyl sites for hydroxylation is 3. The van der Waals surface area contributed by atoms with Gasteiger partial charge in [-0.2, -0.15) is 0 Å². The Morgan fingerprint density at radius 1 is 0.935 bits per heavy atom. The molecule has 0 unspecified atom stereocenters. The fourth-order valence-corrected chi connectivity index (χ4v) is 4.88. The first-order valence-corrected chi connectivity index (χ1v) is 11.7. The summed E-state index contributed by atoms with van der Waals surface area (Å²) in [5, 5.41) is 2.03. The summed E-state index contributed by atoms with van der Waals surface area (Å²) in [6.07, 6.45) is 0. The molecule has 4 nitrogen and oxygen atoms in total. The summed E-state index contributed by atoms with van der Waals surface area (Å²) in [4.78, 5) is 18.2. The van der Waals surface area contributed by atoms with Gasteiger partial charge in [-0.05, 0) is 49.4 Å². The highest BCUT2D eigenvalue weighted by molar-refractivity contribution is 7.12. The van der Waals surface area contributed by atoms with E-state index in [9.17, 15) is 4.79 Å². The fraction of sp³-hybridized carbons (Fsp3) is 0.346. The number of nitrogens with zero attached hydrogens (tertiary/aromatic N) is 2. The number of piperazine rings is 1. The predicted octanol–water partition coefficient (Wildman–Crippen LogP) is 5.21. The van der Waals surface area contributed by atoms with E-state index in [2.05, 4.69) is 62.1 Å². The standard InChI is InChI=1S/C26H30N2O2S/c1-19-5-4-6-22(14-19)16-27-9-11-28(12-10-27)26(29)25-15-23(18-31-25)17-30-24-8-7-20(2)13-21(24)3/h4-8,13-15,18H,9-12,16-17H2,1-3H3. The van der Waals surface area contributed by atoms with E-state index in [1.165, 1.54) is 28.0 Å². The van der Waals surface area contributed by atoms with E-state index in [0.717, 1.165) is 54.5 Å². The molecule has 0 saturated carbocycles. The SMILES string of the molecule is Cc1cccc(CN2CCN(C(=O)c3cc(COc4ccc(C)cc4C)cs3)CC2)c1. The third kappa shape index (κ3) is 5.54. The minimum absolute atomic E-state index is 0.137. The second kappa shape index (κ2) is 9.67. The Hall–Kier alpha value is -2.63. The second-order valence-electron chi connectivity index (χ2n) is 8.43. The summed E-state index contributed by atoms with van der Waals surface area (Å²) < 4.78 is 5.97. The van der Waals surface area contributed by atoms with E-state index < -0.39 is 0 Å². The lowest BCUT2D eigenvalue weighted by Gasteiger charge is -2.34. The second-order valence-corrected chi connectivity index (χ2v) is 9.35. The summed E-state index contributed by atoms with van der Waals surface area (Å²) in [5.74, 6) is 1.03. The zero-order chi connectivity index (χ0) is 21.8. The van der Waals surface area contributed by atoms with Crippen LogP contribution in [-0.2, 0) is 13.2 Å². The number of carbonyl (C=O) groups excluding carboxylic acids is 1. The molecule has 1 aliphatic heterocycles. The number of benzene rings is 2. The van der Waals surface area contributed by atoms with E-state index in [1.807, 2.05) is 22.4 Å². The van der Waals surface area contributed by atoms with Gasteiger partial charge in [0.25, 0.3) is 5.91 Å². The molecule has 3 aromatic rings. The predicted molar refractivity (Wildman–Crippen MR) is 127 cm³/mol. The van der Waals surface area contributed by atoms with Gasteiger partial charge in [0.2, 0.25) is 0 Å². The fourth-order valence-electron chi connectivity index (χ4n) is 4.02. The summed E-state index contributed by atoms with van der Waals surface area (Å²) in [7, 11) is 0. The lowest BCUT2D eigenvalue weighted by atomic mass is 10.1. The molecule has 2 heterocycles. The Morgan fingerprint density at radius 2 is 1.71 bits per heavy atom. The minimum Gasteiger partial charge on any atom is -0.489 e. The van der Waals surface area contributed by atoms with Crippen LogP contribution in [-0.4, -0.2) is 41.9 Å². The van der Waals surface area contributed by atoms with E-state index in [1.54, 1.807) is 0 Å². The van der Waals surface area contributed by atoms with Crippen molar-refractivity contribution in [2.75, 3.05) is 26.2 Å². The topological polar surface area (TPSA) is 32.8 Å². The largest absolute Gasteiger partial charge is 0.489 e. The van der Waals surface area contributed by atoms with Gasteiger partial charge in [-0.1, -0.05) is 47.5 Å². The van der Waals surface area contributed by atoms with Crippen LogP contribution in [0.1, 0.15) is 37.5 Å². The third-order valence-electron chi connectivity index (χ3n) is 5.74. The summed E-state index contributed by atoms with van der Waals surface area (Å²) in [5.41, 5.74) is 6.04. The molecule has 0 atom stereocenters. The number of hydrogen-bond acceptors (Lipinski definition) is 4. The number of hydrogen-bond donors (Lipinski definition) is 0. The molecule has 0 radical (unpaired) electrons. The van der Waals surface area contributed by atoms with E-state index in [-0.39, 0.29) is 5.91 Å². The molecule has 1 amide bonds. The average molecular weight is 435 g/mol. The van der Waals surface area contributed by atoms with E-state index in [0.29, 0.717) is 6.61 Å². The Kier molecular flexibility index (Phi) is 6.73. The van der Waals surface area contributed by atoms with Gasteiger partial charge in [-0.15, -0.1) is 11.3 Å². The van der Waals surface area contributed by atoms with Gasteiger partial charge in [-0.3, -0.25) is 9.69 Å². The summed E-state index contributed by atoms with van der Waals surface area (Å²) in [6, 6.07) is 16.8. The minimum atomic E-state index is 0.137.